The molecule has 0 aliphatic rings. The zero-order valence-corrected chi connectivity index (χ0v) is 26.6. The molecule has 2 heterocycles. The van der Waals surface area contributed by atoms with E-state index in [1.165, 1.54) is 32.6 Å². The van der Waals surface area contributed by atoms with Crippen LogP contribution < -0.4 is 4.90 Å². The second kappa shape index (κ2) is 11.0. The summed E-state index contributed by atoms with van der Waals surface area (Å²) in [6.45, 7) is 0. The summed E-state index contributed by atoms with van der Waals surface area (Å²) < 4.78 is 8.70. The van der Waals surface area contributed by atoms with Crippen molar-refractivity contribution in [2.75, 3.05) is 4.90 Å². The Morgan fingerprint density at radius 3 is 1.80 bits per heavy atom. The SMILES string of the molecule is c1ccc(N(c2ccc(-n3c4ccccc4c4ccccc43)cc2)c2cccc3ccccc23)c(-c2ccc3c(c2)oc2ccccc23)c1. The summed E-state index contributed by atoms with van der Waals surface area (Å²) >= 11 is 0. The van der Waals surface area contributed by atoms with Gasteiger partial charge in [0.1, 0.15) is 11.2 Å². The van der Waals surface area contributed by atoms with Gasteiger partial charge in [-0.25, -0.2) is 0 Å². The molecule has 8 aromatic carbocycles. The number of benzene rings is 8. The van der Waals surface area contributed by atoms with E-state index in [1.54, 1.807) is 0 Å². The van der Waals surface area contributed by atoms with E-state index in [2.05, 4.69) is 179 Å². The summed E-state index contributed by atoms with van der Waals surface area (Å²) in [5, 5.41) is 7.18. The second-order valence-corrected chi connectivity index (χ2v) is 12.5. The van der Waals surface area contributed by atoms with Crippen molar-refractivity contribution < 1.29 is 4.42 Å². The third-order valence-electron chi connectivity index (χ3n) is 9.79. The largest absolute Gasteiger partial charge is 0.456 e. The van der Waals surface area contributed by atoms with Gasteiger partial charge < -0.3 is 13.9 Å². The summed E-state index contributed by atoms with van der Waals surface area (Å²) in [4.78, 5) is 2.40. The Kier molecular flexibility index (Phi) is 6.18. The predicted molar refractivity (Wildman–Crippen MR) is 206 cm³/mol. The minimum Gasteiger partial charge on any atom is -0.456 e. The molecule has 0 fully saturated rings. The fraction of sp³-hybridized carbons (Fsp3) is 0. The number of fused-ring (bicyclic) bond motifs is 7. The van der Waals surface area contributed by atoms with Gasteiger partial charge in [-0.05, 0) is 77.7 Å². The number of hydrogen-bond donors (Lipinski definition) is 0. The Morgan fingerprint density at radius 1 is 0.408 bits per heavy atom. The fourth-order valence-electron chi connectivity index (χ4n) is 7.57. The average Bonchev–Trinajstić information content (AvgIpc) is 3.71. The molecule has 230 valence electrons. The average molecular weight is 627 g/mol. The van der Waals surface area contributed by atoms with Crippen LogP contribution in [0.5, 0.6) is 0 Å². The number of hydrogen-bond acceptors (Lipinski definition) is 2. The van der Waals surface area contributed by atoms with Gasteiger partial charge in [-0.3, -0.25) is 0 Å². The first-order valence-electron chi connectivity index (χ1n) is 16.7. The maximum Gasteiger partial charge on any atom is 0.136 e. The van der Waals surface area contributed by atoms with Gasteiger partial charge in [0.05, 0.1) is 22.4 Å². The van der Waals surface area contributed by atoms with Crippen LogP contribution in [0.15, 0.2) is 186 Å². The Bertz CT molecular complexity index is 2780. The van der Waals surface area contributed by atoms with Gasteiger partial charge in [0.15, 0.2) is 0 Å². The zero-order valence-electron chi connectivity index (χ0n) is 26.6. The van der Waals surface area contributed by atoms with Crippen molar-refractivity contribution in [1.29, 1.82) is 0 Å². The standard InChI is InChI=1S/C46H30N2O/c1-2-14-35-31(12-1)13-11-22-42(35)47(33-25-27-34(28-26-33)48-43-20-8-4-16-37(43)38-17-5-9-21-44(38)48)41-19-7-3-15-36(41)32-24-29-40-39-18-6-10-23-45(39)49-46(40)30-32/h1-30H. The van der Waals surface area contributed by atoms with Crippen LogP contribution in [-0.2, 0) is 0 Å². The number of rotatable bonds is 5. The first-order valence-corrected chi connectivity index (χ1v) is 16.7. The van der Waals surface area contributed by atoms with E-state index >= 15 is 0 Å². The van der Waals surface area contributed by atoms with Crippen molar-refractivity contribution in [2.45, 2.75) is 0 Å². The fourth-order valence-corrected chi connectivity index (χ4v) is 7.57. The van der Waals surface area contributed by atoms with Crippen LogP contribution in [-0.4, -0.2) is 4.57 Å². The molecular weight excluding hydrogens is 597 g/mol. The number of aromatic nitrogens is 1. The van der Waals surface area contributed by atoms with Gasteiger partial charge in [-0.2, -0.15) is 0 Å². The van der Waals surface area contributed by atoms with Crippen LogP contribution in [0.1, 0.15) is 0 Å². The second-order valence-electron chi connectivity index (χ2n) is 12.5. The van der Waals surface area contributed by atoms with Crippen LogP contribution in [0.3, 0.4) is 0 Å². The quantitative estimate of drug-likeness (QED) is 0.190. The molecule has 0 amide bonds. The Labute approximate surface area is 283 Å². The molecular formula is C46H30N2O. The Hall–Kier alpha value is -6.58. The van der Waals surface area contributed by atoms with Gasteiger partial charge in [0, 0.05) is 43.9 Å². The Morgan fingerprint density at radius 2 is 1.00 bits per heavy atom. The topological polar surface area (TPSA) is 21.3 Å². The Balaban J connectivity index is 1.17. The van der Waals surface area contributed by atoms with E-state index in [0.29, 0.717) is 0 Å². The van der Waals surface area contributed by atoms with Crippen molar-refractivity contribution >= 4 is 71.6 Å². The van der Waals surface area contributed by atoms with Crippen molar-refractivity contribution in [3.05, 3.63) is 182 Å². The summed E-state index contributed by atoms with van der Waals surface area (Å²) in [6, 6.07) is 65.0. The molecule has 0 unspecified atom stereocenters. The summed E-state index contributed by atoms with van der Waals surface area (Å²) in [5.41, 5.74) is 10.9. The lowest BCUT2D eigenvalue weighted by atomic mass is 9.99. The third-order valence-corrected chi connectivity index (χ3v) is 9.79. The molecule has 3 nitrogen and oxygen atoms in total. The van der Waals surface area contributed by atoms with Crippen molar-refractivity contribution in [1.82, 2.24) is 4.57 Å². The third kappa shape index (κ3) is 4.37. The van der Waals surface area contributed by atoms with Crippen LogP contribution in [0.4, 0.5) is 17.1 Å². The van der Waals surface area contributed by atoms with Gasteiger partial charge in [-0.1, -0.05) is 115 Å². The highest BCUT2D eigenvalue weighted by Crippen LogP contribution is 2.44. The minimum absolute atomic E-state index is 0.890. The van der Waals surface area contributed by atoms with Crippen LogP contribution in [0, 0.1) is 0 Å². The molecule has 0 spiro atoms. The molecule has 2 aromatic heterocycles. The highest BCUT2D eigenvalue weighted by atomic mass is 16.3. The van der Waals surface area contributed by atoms with E-state index in [9.17, 15) is 0 Å². The lowest BCUT2D eigenvalue weighted by Crippen LogP contribution is -2.12. The van der Waals surface area contributed by atoms with Crippen LogP contribution >= 0.6 is 0 Å². The lowest BCUT2D eigenvalue weighted by molar-refractivity contribution is 0.669. The van der Waals surface area contributed by atoms with Crippen molar-refractivity contribution in [3.8, 4) is 16.8 Å². The molecule has 10 aromatic rings. The van der Waals surface area contributed by atoms with Crippen LogP contribution in [0.2, 0.25) is 0 Å². The van der Waals surface area contributed by atoms with E-state index in [4.69, 9.17) is 4.42 Å². The molecule has 10 rings (SSSR count). The number of anilines is 3. The van der Waals surface area contributed by atoms with E-state index < -0.39 is 0 Å². The molecule has 3 heteroatoms. The molecule has 0 saturated carbocycles. The number of furan rings is 1. The van der Waals surface area contributed by atoms with E-state index in [-0.39, 0.29) is 0 Å². The number of nitrogens with zero attached hydrogens (tertiary/aromatic N) is 2. The smallest absolute Gasteiger partial charge is 0.136 e. The van der Waals surface area contributed by atoms with Gasteiger partial charge in [-0.15, -0.1) is 0 Å². The molecule has 0 saturated heterocycles. The van der Waals surface area contributed by atoms with Crippen molar-refractivity contribution in [3.63, 3.8) is 0 Å². The lowest BCUT2D eigenvalue weighted by Gasteiger charge is -2.29. The normalized spacial score (nSPS) is 11.7. The van der Waals surface area contributed by atoms with E-state index in [0.717, 1.165) is 55.8 Å². The summed E-state index contributed by atoms with van der Waals surface area (Å²) in [6.07, 6.45) is 0. The highest BCUT2D eigenvalue weighted by Gasteiger charge is 2.20. The van der Waals surface area contributed by atoms with E-state index in [1.807, 2.05) is 12.1 Å². The molecule has 0 aliphatic heterocycles. The molecule has 49 heavy (non-hydrogen) atoms. The maximum atomic E-state index is 6.34. The van der Waals surface area contributed by atoms with Crippen LogP contribution in [0.25, 0.3) is 71.3 Å². The maximum absolute atomic E-state index is 6.34. The predicted octanol–water partition coefficient (Wildman–Crippen LogP) is 13.0. The monoisotopic (exact) mass is 626 g/mol. The van der Waals surface area contributed by atoms with Gasteiger partial charge >= 0.3 is 0 Å². The highest BCUT2D eigenvalue weighted by molar-refractivity contribution is 6.10. The molecule has 0 aliphatic carbocycles. The number of para-hydroxylation sites is 4. The molecule has 0 radical (unpaired) electrons. The van der Waals surface area contributed by atoms with Crippen molar-refractivity contribution in [2.24, 2.45) is 0 Å². The zero-order chi connectivity index (χ0) is 32.3. The summed E-state index contributed by atoms with van der Waals surface area (Å²) in [7, 11) is 0. The summed E-state index contributed by atoms with van der Waals surface area (Å²) in [5.74, 6) is 0. The molecule has 0 atom stereocenters. The van der Waals surface area contributed by atoms with Gasteiger partial charge in [0.25, 0.3) is 0 Å². The minimum atomic E-state index is 0.890. The van der Waals surface area contributed by atoms with Gasteiger partial charge in [0.2, 0.25) is 0 Å². The molecule has 0 N–H and O–H groups in total. The first kappa shape index (κ1) is 27.5. The molecule has 0 bridgehead atoms. The first-order chi connectivity index (χ1) is 24.3.